The monoisotopic (exact) mass is 524 g/mol. The van der Waals surface area contributed by atoms with Gasteiger partial charge in [0.1, 0.15) is 5.78 Å². The van der Waals surface area contributed by atoms with E-state index in [0.717, 1.165) is 49.7 Å². The molecule has 0 radical (unpaired) electrons. The predicted octanol–water partition coefficient (Wildman–Crippen LogP) is 7.00. The third-order valence-electron chi connectivity index (χ3n) is 10.7. The van der Waals surface area contributed by atoms with Crippen LogP contribution in [0.25, 0.3) is 0 Å². The molecular formula is C34H52O4. The number of unbranched alkanes of at least 4 members (excludes halogenated alkanes) is 1. The summed E-state index contributed by atoms with van der Waals surface area (Å²) in [6.07, 6.45) is 20.2. The van der Waals surface area contributed by atoms with Crippen molar-refractivity contribution in [3.8, 4) is 0 Å². The molecular weight excluding hydrogens is 472 g/mol. The van der Waals surface area contributed by atoms with Crippen LogP contribution in [0, 0.1) is 28.6 Å². The molecule has 4 heteroatoms. The smallest absolute Gasteiger partial charge is 0.139 e. The largest absolute Gasteiger partial charge is 0.393 e. The van der Waals surface area contributed by atoms with Gasteiger partial charge in [0, 0.05) is 18.3 Å². The normalized spacial score (nSPS) is 36.5. The van der Waals surface area contributed by atoms with Gasteiger partial charge in [0.15, 0.2) is 0 Å². The van der Waals surface area contributed by atoms with E-state index in [1.54, 1.807) is 0 Å². The van der Waals surface area contributed by atoms with E-state index in [4.69, 9.17) is 0 Å². The maximum Gasteiger partial charge on any atom is 0.139 e. The van der Waals surface area contributed by atoms with Crippen LogP contribution in [0.4, 0.5) is 0 Å². The zero-order chi connectivity index (χ0) is 27.5. The van der Waals surface area contributed by atoms with Gasteiger partial charge in [-0.1, -0.05) is 63.6 Å². The van der Waals surface area contributed by atoms with Gasteiger partial charge in [0.25, 0.3) is 0 Å². The molecule has 3 N–H and O–H groups in total. The van der Waals surface area contributed by atoms with Gasteiger partial charge in [-0.3, -0.25) is 4.79 Å². The number of rotatable bonds is 11. The number of carbonyl (C=O) groups excluding carboxylic acids is 1. The van der Waals surface area contributed by atoms with Gasteiger partial charge < -0.3 is 15.3 Å². The first kappa shape index (κ1) is 29.5. The van der Waals surface area contributed by atoms with Crippen molar-refractivity contribution in [1.29, 1.82) is 0 Å². The zero-order valence-corrected chi connectivity index (χ0v) is 24.1. The van der Waals surface area contributed by atoms with Crippen LogP contribution in [0.3, 0.4) is 0 Å². The molecule has 4 saturated carbocycles. The van der Waals surface area contributed by atoms with Gasteiger partial charge in [0.05, 0.1) is 18.3 Å². The van der Waals surface area contributed by atoms with Crippen molar-refractivity contribution in [3.05, 3.63) is 47.6 Å². The number of aliphatic hydroxyl groups is 3. The highest BCUT2D eigenvalue weighted by Gasteiger charge is 2.50. The van der Waals surface area contributed by atoms with E-state index in [9.17, 15) is 20.1 Å². The maximum atomic E-state index is 12.6. The third-order valence-corrected chi connectivity index (χ3v) is 10.7. The number of aliphatic hydroxyl groups excluding tert-OH is 3. The predicted molar refractivity (Wildman–Crippen MR) is 154 cm³/mol. The van der Waals surface area contributed by atoms with Gasteiger partial charge in [-0.25, -0.2) is 0 Å². The minimum Gasteiger partial charge on any atom is -0.393 e. The average molecular weight is 525 g/mol. The van der Waals surface area contributed by atoms with Gasteiger partial charge in [-0.2, -0.15) is 0 Å². The van der Waals surface area contributed by atoms with Gasteiger partial charge in [0.2, 0.25) is 0 Å². The lowest BCUT2D eigenvalue weighted by Crippen LogP contribution is -2.35. The number of carbonyl (C=O) groups is 1. The van der Waals surface area contributed by atoms with Crippen LogP contribution >= 0.6 is 0 Å². The Morgan fingerprint density at radius 3 is 2.63 bits per heavy atom. The van der Waals surface area contributed by atoms with Crippen molar-refractivity contribution in [3.63, 3.8) is 0 Å². The lowest BCUT2D eigenvalue weighted by atomic mass is 9.61. The number of Topliss-reactive ketones (excluding diaryl/α,β-unsaturated/α-hetero) is 1. The lowest BCUT2D eigenvalue weighted by molar-refractivity contribution is -0.124. The third kappa shape index (κ3) is 6.45. The van der Waals surface area contributed by atoms with Gasteiger partial charge in [-0.15, -0.1) is 0 Å². The fraction of sp³-hybridized carbons (Fsp3) is 0.735. The SMILES string of the molecule is C=C1/C(=C\C=C2/CCC[C@]3(C)[C@@H]([C@H](C)/C=C/[C@H](O)CCC4(C(=O)CCCC)CC4)CC[C@@H]23)C[C@@H](O)C[C@@H]1O. The molecule has 4 aliphatic rings. The molecule has 0 aromatic heterocycles. The Balaban J connectivity index is 1.35. The van der Waals surface area contributed by atoms with Crippen molar-refractivity contribution >= 4 is 5.78 Å². The van der Waals surface area contributed by atoms with Crippen LogP contribution in [0.5, 0.6) is 0 Å². The minimum absolute atomic E-state index is 0.123. The van der Waals surface area contributed by atoms with E-state index in [2.05, 4.69) is 45.6 Å². The Bertz CT molecular complexity index is 954. The molecule has 4 nitrogen and oxygen atoms in total. The molecule has 38 heavy (non-hydrogen) atoms. The van der Waals surface area contributed by atoms with E-state index in [1.807, 2.05) is 6.08 Å². The molecule has 0 bridgehead atoms. The van der Waals surface area contributed by atoms with Crippen LogP contribution in [0.1, 0.15) is 111 Å². The Morgan fingerprint density at radius 1 is 1.16 bits per heavy atom. The first-order valence-corrected chi connectivity index (χ1v) is 15.4. The molecule has 0 aromatic rings. The van der Waals surface area contributed by atoms with E-state index in [1.165, 1.54) is 31.3 Å². The Morgan fingerprint density at radius 2 is 1.92 bits per heavy atom. The summed E-state index contributed by atoms with van der Waals surface area (Å²) in [5.41, 5.74) is 3.38. The summed E-state index contributed by atoms with van der Waals surface area (Å²) in [7, 11) is 0. The molecule has 0 saturated heterocycles. The summed E-state index contributed by atoms with van der Waals surface area (Å²) in [6.45, 7) is 11.0. The highest BCUT2D eigenvalue weighted by molar-refractivity contribution is 5.87. The topological polar surface area (TPSA) is 77.8 Å². The molecule has 4 rings (SSSR count). The summed E-state index contributed by atoms with van der Waals surface area (Å²) < 4.78 is 0. The summed E-state index contributed by atoms with van der Waals surface area (Å²) in [5.74, 6) is 1.98. The highest BCUT2D eigenvalue weighted by atomic mass is 16.3. The summed E-state index contributed by atoms with van der Waals surface area (Å²) in [6, 6.07) is 0. The second kappa shape index (κ2) is 12.4. The molecule has 0 unspecified atom stereocenters. The molecule has 0 spiro atoms. The Hall–Kier alpha value is -1.49. The van der Waals surface area contributed by atoms with Gasteiger partial charge >= 0.3 is 0 Å². The van der Waals surface area contributed by atoms with Crippen molar-refractivity contribution in [2.45, 2.75) is 129 Å². The fourth-order valence-electron chi connectivity index (χ4n) is 7.99. The summed E-state index contributed by atoms with van der Waals surface area (Å²) in [5, 5.41) is 31.0. The van der Waals surface area contributed by atoms with Crippen LogP contribution in [-0.4, -0.2) is 39.4 Å². The molecule has 0 heterocycles. The zero-order valence-electron chi connectivity index (χ0n) is 24.1. The van der Waals surface area contributed by atoms with Crippen molar-refractivity contribution in [1.82, 2.24) is 0 Å². The van der Waals surface area contributed by atoms with Crippen LogP contribution < -0.4 is 0 Å². The molecule has 0 aromatic carbocycles. The second-order valence-electron chi connectivity index (χ2n) is 13.3. The summed E-state index contributed by atoms with van der Waals surface area (Å²) in [4.78, 5) is 12.6. The van der Waals surface area contributed by atoms with Crippen molar-refractivity contribution in [2.75, 3.05) is 0 Å². The molecule has 0 aliphatic heterocycles. The quantitative estimate of drug-likeness (QED) is 0.254. The van der Waals surface area contributed by atoms with E-state index in [-0.39, 0.29) is 10.8 Å². The maximum absolute atomic E-state index is 12.6. The van der Waals surface area contributed by atoms with Gasteiger partial charge in [-0.05, 0) is 105 Å². The molecule has 4 aliphatic carbocycles. The lowest BCUT2D eigenvalue weighted by Gasteiger charge is -2.44. The first-order valence-electron chi connectivity index (χ1n) is 15.4. The Kier molecular flexibility index (Phi) is 9.59. The molecule has 4 fully saturated rings. The fourth-order valence-corrected chi connectivity index (χ4v) is 7.99. The average Bonchev–Trinajstić information content (AvgIpc) is 3.60. The van der Waals surface area contributed by atoms with Crippen molar-refractivity contribution in [2.24, 2.45) is 28.6 Å². The van der Waals surface area contributed by atoms with Crippen molar-refractivity contribution < 1.29 is 20.1 Å². The Labute approximate surface area is 231 Å². The first-order chi connectivity index (χ1) is 18.1. The van der Waals surface area contributed by atoms with Crippen LogP contribution in [0.15, 0.2) is 47.6 Å². The highest BCUT2D eigenvalue weighted by Crippen LogP contribution is 2.59. The summed E-state index contributed by atoms with van der Waals surface area (Å²) >= 11 is 0. The molecule has 212 valence electrons. The van der Waals surface area contributed by atoms with E-state index < -0.39 is 18.3 Å². The van der Waals surface area contributed by atoms with E-state index in [0.29, 0.717) is 49.2 Å². The van der Waals surface area contributed by atoms with E-state index >= 15 is 0 Å². The second-order valence-corrected chi connectivity index (χ2v) is 13.3. The molecule has 0 amide bonds. The standard InChI is InChI=1S/C34H52O4/c1-5-6-9-32(38)34(19-20-34)18-16-27(35)13-10-23(2)29-14-15-30-25(8-7-17-33(29,30)4)11-12-26-21-28(36)22-31(37)24(26)3/h10-13,23,27-31,35-37H,3,5-9,14-22H2,1-2,4H3/b13-10+,25-11+,26-12-/t23-,27+,28-,29-,30+,31+,33-/m1/s1. The number of ketones is 1. The number of hydrogen-bond donors (Lipinski definition) is 3. The van der Waals surface area contributed by atoms with Crippen LogP contribution in [-0.2, 0) is 4.79 Å². The number of fused-ring (bicyclic) bond motifs is 1. The minimum atomic E-state index is -0.643. The number of hydrogen-bond acceptors (Lipinski definition) is 4. The molecule has 7 atom stereocenters. The number of allylic oxidation sites excluding steroid dienone is 4. The van der Waals surface area contributed by atoms with Crippen LogP contribution in [0.2, 0.25) is 0 Å².